The fraction of sp³-hybridized carbons (Fsp3) is 0.417. The molecule has 0 heterocycles. The molecule has 0 aliphatic carbocycles. The van der Waals surface area contributed by atoms with E-state index >= 15 is 0 Å². The van der Waals surface area contributed by atoms with Crippen LogP contribution < -0.4 is 9.47 Å². The summed E-state index contributed by atoms with van der Waals surface area (Å²) in [6, 6.07) is 5.39. The third-order valence-electron chi connectivity index (χ3n) is 1.85. The molecule has 0 fully saturated rings. The molecule has 0 bridgehead atoms. The van der Waals surface area contributed by atoms with Crippen molar-refractivity contribution in [1.29, 1.82) is 0 Å². The Balaban J connectivity index is 2.65. The lowest BCUT2D eigenvalue weighted by atomic mass is 10.3. The van der Waals surface area contributed by atoms with Gasteiger partial charge in [-0.3, -0.25) is 0 Å². The highest BCUT2D eigenvalue weighted by molar-refractivity contribution is 9.10. The summed E-state index contributed by atoms with van der Waals surface area (Å²) in [6.45, 7) is 3.44. The predicted octanol–water partition coefficient (Wildman–Crippen LogP) is 2.79. The summed E-state index contributed by atoms with van der Waals surface area (Å²) in [5.74, 6) is 0.658. The number of para-hydroxylation sites is 1. The van der Waals surface area contributed by atoms with Crippen LogP contribution in [-0.4, -0.2) is 25.8 Å². The Bertz CT molecular complexity index is 390. The van der Waals surface area contributed by atoms with E-state index in [4.69, 9.17) is 14.2 Å². The van der Waals surface area contributed by atoms with Gasteiger partial charge in [-0.15, -0.1) is 0 Å². The topological polar surface area (TPSA) is 44.8 Å². The maximum atomic E-state index is 11.3. The van der Waals surface area contributed by atoms with Crippen LogP contribution in [0.3, 0.4) is 0 Å². The van der Waals surface area contributed by atoms with Crippen LogP contribution in [0.25, 0.3) is 0 Å². The SMILES string of the molecule is COc1cccc(Br)c1OCC(=O)OC(C)C. The summed E-state index contributed by atoms with van der Waals surface area (Å²) in [6.07, 6.45) is -0.146. The summed E-state index contributed by atoms with van der Waals surface area (Å²) < 4.78 is 16.2. The average molecular weight is 303 g/mol. The van der Waals surface area contributed by atoms with Gasteiger partial charge in [-0.1, -0.05) is 6.07 Å². The maximum Gasteiger partial charge on any atom is 0.344 e. The molecule has 0 N–H and O–H groups in total. The van der Waals surface area contributed by atoms with Gasteiger partial charge < -0.3 is 14.2 Å². The maximum absolute atomic E-state index is 11.3. The molecule has 1 aromatic carbocycles. The van der Waals surface area contributed by atoms with Gasteiger partial charge in [0.1, 0.15) is 0 Å². The van der Waals surface area contributed by atoms with Gasteiger partial charge in [-0.05, 0) is 41.9 Å². The van der Waals surface area contributed by atoms with Crippen LogP contribution in [0, 0.1) is 0 Å². The smallest absolute Gasteiger partial charge is 0.344 e. The minimum Gasteiger partial charge on any atom is -0.493 e. The molecule has 0 unspecified atom stereocenters. The standard InChI is InChI=1S/C12H15BrO4/c1-8(2)17-11(14)7-16-12-9(13)5-4-6-10(12)15-3/h4-6,8H,7H2,1-3H3. The highest BCUT2D eigenvalue weighted by atomic mass is 79.9. The molecule has 0 radical (unpaired) electrons. The first-order valence-electron chi connectivity index (χ1n) is 5.19. The lowest BCUT2D eigenvalue weighted by Crippen LogP contribution is -2.19. The Morgan fingerprint density at radius 3 is 2.71 bits per heavy atom. The molecule has 4 nitrogen and oxygen atoms in total. The predicted molar refractivity (Wildman–Crippen MR) is 67.4 cm³/mol. The van der Waals surface area contributed by atoms with E-state index in [0.29, 0.717) is 11.5 Å². The number of carbonyl (C=O) groups is 1. The van der Waals surface area contributed by atoms with Crippen molar-refractivity contribution in [3.05, 3.63) is 22.7 Å². The first-order valence-corrected chi connectivity index (χ1v) is 5.98. The largest absolute Gasteiger partial charge is 0.493 e. The van der Waals surface area contributed by atoms with Crippen LogP contribution in [0.1, 0.15) is 13.8 Å². The highest BCUT2D eigenvalue weighted by Crippen LogP contribution is 2.34. The first-order chi connectivity index (χ1) is 8.04. The van der Waals surface area contributed by atoms with Crippen molar-refractivity contribution in [2.75, 3.05) is 13.7 Å². The quantitative estimate of drug-likeness (QED) is 0.785. The van der Waals surface area contributed by atoms with Crippen LogP contribution in [0.4, 0.5) is 0 Å². The number of benzene rings is 1. The molecule has 1 rings (SSSR count). The van der Waals surface area contributed by atoms with Crippen molar-refractivity contribution < 1.29 is 19.0 Å². The lowest BCUT2D eigenvalue weighted by Gasteiger charge is -2.12. The summed E-state index contributed by atoms with van der Waals surface area (Å²) in [5, 5.41) is 0. The van der Waals surface area contributed by atoms with Crippen molar-refractivity contribution in [2.45, 2.75) is 20.0 Å². The number of carbonyl (C=O) groups excluding carboxylic acids is 1. The van der Waals surface area contributed by atoms with Gasteiger partial charge in [-0.2, -0.15) is 0 Å². The molecule has 0 amide bonds. The number of hydrogen-bond donors (Lipinski definition) is 0. The van der Waals surface area contributed by atoms with E-state index in [1.54, 1.807) is 27.0 Å². The minimum absolute atomic E-state index is 0.142. The molecular weight excluding hydrogens is 288 g/mol. The molecule has 94 valence electrons. The number of esters is 1. The monoisotopic (exact) mass is 302 g/mol. The van der Waals surface area contributed by atoms with E-state index in [9.17, 15) is 4.79 Å². The zero-order chi connectivity index (χ0) is 12.8. The lowest BCUT2D eigenvalue weighted by molar-refractivity contribution is -0.149. The van der Waals surface area contributed by atoms with Crippen LogP contribution in [-0.2, 0) is 9.53 Å². The zero-order valence-corrected chi connectivity index (χ0v) is 11.6. The van der Waals surface area contributed by atoms with Crippen LogP contribution in [0.15, 0.2) is 22.7 Å². The number of methoxy groups -OCH3 is 1. The molecule has 0 atom stereocenters. The highest BCUT2D eigenvalue weighted by Gasteiger charge is 2.12. The van der Waals surface area contributed by atoms with E-state index in [-0.39, 0.29) is 12.7 Å². The van der Waals surface area contributed by atoms with E-state index in [0.717, 1.165) is 4.47 Å². The Hall–Kier alpha value is -1.23. The Labute approximate surface area is 109 Å². The van der Waals surface area contributed by atoms with Crippen LogP contribution in [0.5, 0.6) is 11.5 Å². The van der Waals surface area contributed by atoms with Gasteiger partial charge in [-0.25, -0.2) is 4.79 Å². The second-order valence-electron chi connectivity index (χ2n) is 3.60. The van der Waals surface area contributed by atoms with Crippen molar-refractivity contribution in [3.63, 3.8) is 0 Å². The van der Waals surface area contributed by atoms with Gasteiger partial charge in [0.2, 0.25) is 0 Å². The molecule has 0 saturated carbocycles. The molecule has 0 aliphatic heterocycles. The molecule has 0 saturated heterocycles. The van der Waals surface area contributed by atoms with Gasteiger partial charge in [0, 0.05) is 0 Å². The second-order valence-corrected chi connectivity index (χ2v) is 4.45. The molecular formula is C12H15BrO4. The summed E-state index contributed by atoms with van der Waals surface area (Å²) in [5.41, 5.74) is 0. The molecule has 0 aromatic heterocycles. The van der Waals surface area contributed by atoms with E-state index in [1.807, 2.05) is 12.1 Å². The number of halogens is 1. The minimum atomic E-state index is -0.405. The third kappa shape index (κ3) is 4.26. The zero-order valence-electron chi connectivity index (χ0n) is 10.0. The van der Waals surface area contributed by atoms with Gasteiger partial charge in [0.05, 0.1) is 17.7 Å². The second kappa shape index (κ2) is 6.49. The van der Waals surface area contributed by atoms with Crippen molar-refractivity contribution in [1.82, 2.24) is 0 Å². The third-order valence-corrected chi connectivity index (χ3v) is 2.48. The molecule has 17 heavy (non-hydrogen) atoms. The number of rotatable bonds is 5. The summed E-state index contributed by atoms with van der Waals surface area (Å²) >= 11 is 3.33. The summed E-state index contributed by atoms with van der Waals surface area (Å²) in [7, 11) is 1.54. The van der Waals surface area contributed by atoms with Gasteiger partial charge in [0.25, 0.3) is 0 Å². The summed E-state index contributed by atoms with van der Waals surface area (Å²) in [4.78, 5) is 11.3. The van der Waals surface area contributed by atoms with Crippen LogP contribution >= 0.6 is 15.9 Å². The Morgan fingerprint density at radius 2 is 2.12 bits per heavy atom. The van der Waals surface area contributed by atoms with Gasteiger partial charge in [0.15, 0.2) is 18.1 Å². The van der Waals surface area contributed by atoms with E-state index < -0.39 is 5.97 Å². The normalized spacial score (nSPS) is 10.2. The fourth-order valence-electron chi connectivity index (χ4n) is 1.22. The number of ether oxygens (including phenoxy) is 3. The molecule has 0 aliphatic rings. The van der Waals surface area contributed by atoms with Crippen molar-refractivity contribution >= 4 is 21.9 Å². The number of hydrogen-bond acceptors (Lipinski definition) is 4. The molecule has 0 spiro atoms. The Kier molecular flexibility index (Phi) is 5.28. The van der Waals surface area contributed by atoms with Gasteiger partial charge >= 0.3 is 5.97 Å². The molecule has 5 heteroatoms. The van der Waals surface area contributed by atoms with Crippen LogP contribution in [0.2, 0.25) is 0 Å². The fourth-order valence-corrected chi connectivity index (χ4v) is 1.68. The van der Waals surface area contributed by atoms with Crippen molar-refractivity contribution in [3.8, 4) is 11.5 Å². The van der Waals surface area contributed by atoms with E-state index in [2.05, 4.69) is 15.9 Å². The average Bonchev–Trinajstić information content (AvgIpc) is 2.26. The van der Waals surface area contributed by atoms with Crippen molar-refractivity contribution in [2.24, 2.45) is 0 Å². The first kappa shape index (κ1) is 13.8. The Morgan fingerprint density at radius 1 is 1.41 bits per heavy atom. The molecule has 1 aromatic rings. The van der Waals surface area contributed by atoms with E-state index in [1.165, 1.54) is 0 Å².